The minimum Gasteiger partial charge on any atom is -0.543 e. The Morgan fingerprint density at radius 1 is 1.20 bits per heavy atom. The normalized spacial score (nSPS) is 12.5. The number of aromatic carboxylic acids is 1. The molecule has 7 nitrogen and oxygen atoms in total. The van der Waals surface area contributed by atoms with Crippen molar-refractivity contribution in [3.8, 4) is 11.5 Å². The van der Waals surface area contributed by atoms with Crippen LogP contribution in [-0.2, 0) is 6.54 Å². The average molecular weight is 402 g/mol. The van der Waals surface area contributed by atoms with E-state index in [0.29, 0.717) is 21.5 Å². The molecule has 0 saturated heterocycles. The summed E-state index contributed by atoms with van der Waals surface area (Å²) in [5, 5.41) is 15.9. The molecule has 3 aromatic rings. The Morgan fingerprint density at radius 2 is 1.88 bits per heavy atom. The standard InChI is InChI=1S/C17H11BrN2O5/c18-12-6-14-13(24-8-25-14)5-9(12)7-20-16(21)11-4-2-1-3-10(11)15(19-20)17(22)23/h1-6H,7-8H2,(H,22,23)/p-1. The van der Waals surface area contributed by atoms with Crippen molar-refractivity contribution in [3.63, 3.8) is 0 Å². The summed E-state index contributed by atoms with van der Waals surface area (Å²) in [6, 6.07) is 9.89. The molecule has 25 heavy (non-hydrogen) atoms. The van der Waals surface area contributed by atoms with E-state index >= 15 is 0 Å². The number of carbonyl (C=O) groups excluding carboxylic acids is 1. The topological polar surface area (TPSA) is 93.5 Å². The zero-order chi connectivity index (χ0) is 17.6. The molecule has 2 aromatic carbocycles. The number of benzene rings is 2. The van der Waals surface area contributed by atoms with E-state index in [-0.39, 0.29) is 35.4 Å². The molecule has 0 unspecified atom stereocenters. The number of carbonyl (C=O) groups is 1. The van der Waals surface area contributed by atoms with E-state index in [4.69, 9.17) is 9.47 Å². The molecular weight excluding hydrogens is 392 g/mol. The summed E-state index contributed by atoms with van der Waals surface area (Å²) in [5.74, 6) is -0.272. The van der Waals surface area contributed by atoms with E-state index in [1.165, 1.54) is 6.07 Å². The van der Waals surface area contributed by atoms with Crippen LogP contribution < -0.4 is 20.1 Å². The van der Waals surface area contributed by atoms with E-state index in [1.807, 2.05) is 0 Å². The maximum atomic E-state index is 12.7. The van der Waals surface area contributed by atoms with E-state index in [1.54, 1.807) is 30.3 Å². The predicted octanol–water partition coefficient (Wildman–Crippen LogP) is 1.30. The first-order chi connectivity index (χ1) is 12.0. The lowest BCUT2D eigenvalue weighted by molar-refractivity contribution is -0.255. The highest BCUT2D eigenvalue weighted by atomic mass is 79.9. The molecule has 1 aromatic heterocycles. The average Bonchev–Trinajstić information content (AvgIpc) is 3.04. The van der Waals surface area contributed by atoms with Crippen LogP contribution in [0.4, 0.5) is 0 Å². The quantitative estimate of drug-likeness (QED) is 0.656. The van der Waals surface area contributed by atoms with Crippen LogP contribution in [0, 0.1) is 0 Å². The fraction of sp³-hybridized carbons (Fsp3) is 0.118. The first-order valence-corrected chi connectivity index (χ1v) is 8.13. The fourth-order valence-electron chi connectivity index (χ4n) is 2.73. The summed E-state index contributed by atoms with van der Waals surface area (Å²) in [4.78, 5) is 24.1. The van der Waals surface area contributed by atoms with Gasteiger partial charge in [0, 0.05) is 9.86 Å². The van der Waals surface area contributed by atoms with Gasteiger partial charge in [0.05, 0.1) is 17.9 Å². The lowest BCUT2D eigenvalue weighted by atomic mass is 10.1. The molecule has 0 spiro atoms. The molecule has 8 heteroatoms. The first kappa shape index (κ1) is 15.6. The summed E-state index contributed by atoms with van der Waals surface area (Å²) < 4.78 is 12.4. The Morgan fingerprint density at radius 3 is 2.60 bits per heavy atom. The van der Waals surface area contributed by atoms with E-state index in [2.05, 4.69) is 21.0 Å². The number of hydrogen-bond acceptors (Lipinski definition) is 6. The number of halogens is 1. The van der Waals surface area contributed by atoms with Crippen LogP contribution in [0.25, 0.3) is 10.8 Å². The third-order valence-electron chi connectivity index (χ3n) is 3.92. The number of carboxylic acid groups (broad SMARTS) is 1. The van der Waals surface area contributed by atoms with Crippen molar-refractivity contribution < 1.29 is 19.4 Å². The van der Waals surface area contributed by atoms with Crippen LogP contribution in [0.2, 0.25) is 0 Å². The molecule has 1 aliphatic rings. The second-order valence-electron chi connectivity index (χ2n) is 5.44. The smallest absolute Gasteiger partial charge is 0.274 e. The van der Waals surface area contributed by atoms with Crippen LogP contribution in [-0.4, -0.2) is 22.5 Å². The van der Waals surface area contributed by atoms with Crippen molar-refractivity contribution in [2.24, 2.45) is 0 Å². The zero-order valence-corrected chi connectivity index (χ0v) is 14.3. The van der Waals surface area contributed by atoms with Crippen LogP contribution in [0.5, 0.6) is 11.5 Å². The molecule has 0 bridgehead atoms. The number of carboxylic acids is 1. The molecule has 0 radical (unpaired) electrons. The van der Waals surface area contributed by atoms with Crippen molar-refractivity contribution in [3.05, 3.63) is 62.5 Å². The highest BCUT2D eigenvalue weighted by Gasteiger charge is 2.18. The first-order valence-electron chi connectivity index (χ1n) is 7.34. The summed E-state index contributed by atoms with van der Waals surface area (Å²) >= 11 is 3.42. The maximum absolute atomic E-state index is 12.7. The van der Waals surface area contributed by atoms with Crippen LogP contribution >= 0.6 is 15.9 Å². The molecule has 0 amide bonds. The van der Waals surface area contributed by atoms with Gasteiger partial charge in [-0.2, -0.15) is 5.10 Å². The molecule has 2 heterocycles. The van der Waals surface area contributed by atoms with Gasteiger partial charge in [-0.15, -0.1) is 0 Å². The number of aromatic nitrogens is 2. The largest absolute Gasteiger partial charge is 0.543 e. The van der Waals surface area contributed by atoms with Gasteiger partial charge in [-0.25, -0.2) is 4.68 Å². The van der Waals surface area contributed by atoms with Gasteiger partial charge in [-0.1, -0.05) is 34.1 Å². The Balaban J connectivity index is 1.87. The molecule has 0 fully saturated rings. The Hall–Kier alpha value is -2.87. The summed E-state index contributed by atoms with van der Waals surface area (Å²) in [6.07, 6.45) is 0. The van der Waals surface area contributed by atoms with Crippen molar-refractivity contribution >= 4 is 32.7 Å². The Kier molecular flexibility index (Phi) is 3.69. The lowest BCUT2D eigenvalue weighted by Gasteiger charge is -2.12. The number of hydrogen-bond donors (Lipinski definition) is 0. The Bertz CT molecular complexity index is 1080. The van der Waals surface area contributed by atoms with Gasteiger partial charge in [-0.05, 0) is 23.8 Å². The summed E-state index contributed by atoms with van der Waals surface area (Å²) in [7, 11) is 0. The van der Waals surface area contributed by atoms with Crippen molar-refractivity contribution in [1.82, 2.24) is 9.78 Å². The van der Waals surface area contributed by atoms with Crippen molar-refractivity contribution in [1.29, 1.82) is 0 Å². The number of ether oxygens (including phenoxy) is 2. The van der Waals surface area contributed by atoms with Gasteiger partial charge in [-0.3, -0.25) is 4.79 Å². The third kappa shape index (κ3) is 2.64. The number of nitrogens with zero attached hydrogens (tertiary/aromatic N) is 2. The van der Waals surface area contributed by atoms with Crippen molar-refractivity contribution in [2.45, 2.75) is 6.54 Å². The predicted molar refractivity (Wildman–Crippen MR) is 89.7 cm³/mol. The minimum atomic E-state index is -1.44. The van der Waals surface area contributed by atoms with Gasteiger partial charge < -0.3 is 19.4 Å². The molecule has 0 atom stereocenters. The Labute approximate surface area is 149 Å². The van der Waals surface area contributed by atoms with E-state index in [9.17, 15) is 14.7 Å². The van der Waals surface area contributed by atoms with Gasteiger partial charge in [0.2, 0.25) is 6.79 Å². The SMILES string of the molecule is O=C([O-])c1nn(Cc2cc3c(cc2Br)OCO3)c(=O)c2ccccc12. The fourth-order valence-corrected chi connectivity index (χ4v) is 3.18. The van der Waals surface area contributed by atoms with Gasteiger partial charge in [0.15, 0.2) is 11.5 Å². The summed E-state index contributed by atoms with van der Waals surface area (Å²) in [5.41, 5.74) is 0.0515. The highest BCUT2D eigenvalue weighted by molar-refractivity contribution is 9.10. The molecule has 0 N–H and O–H groups in total. The summed E-state index contributed by atoms with van der Waals surface area (Å²) in [6.45, 7) is 0.204. The van der Waals surface area contributed by atoms with Gasteiger partial charge in [0.25, 0.3) is 5.56 Å². The second kappa shape index (κ2) is 5.89. The van der Waals surface area contributed by atoms with Crippen LogP contribution in [0.1, 0.15) is 16.1 Å². The minimum absolute atomic E-state index is 0.0706. The molecule has 0 aliphatic carbocycles. The van der Waals surface area contributed by atoms with Crippen LogP contribution in [0.15, 0.2) is 45.7 Å². The number of rotatable bonds is 3. The lowest BCUT2D eigenvalue weighted by Crippen LogP contribution is -2.31. The maximum Gasteiger partial charge on any atom is 0.274 e. The highest BCUT2D eigenvalue weighted by Crippen LogP contribution is 2.37. The monoisotopic (exact) mass is 401 g/mol. The zero-order valence-electron chi connectivity index (χ0n) is 12.7. The molecule has 1 aliphatic heterocycles. The third-order valence-corrected chi connectivity index (χ3v) is 4.66. The van der Waals surface area contributed by atoms with Crippen LogP contribution in [0.3, 0.4) is 0 Å². The molecule has 4 rings (SSSR count). The second-order valence-corrected chi connectivity index (χ2v) is 6.30. The molecule has 126 valence electrons. The van der Waals surface area contributed by atoms with Gasteiger partial charge in [0.1, 0.15) is 5.69 Å². The van der Waals surface area contributed by atoms with Crippen molar-refractivity contribution in [2.75, 3.05) is 6.79 Å². The molecule has 0 saturated carbocycles. The van der Waals surface area contributed by atoms with E-state index in [0.717, 1.165) is 4.68 Å². The number of fused-ring (bicyclic) bond motifs is 2. The molecular formula is C17H10BrN2O5-. The van der Waals surface area contributed by atoms with E-state index < -0.39 is 5.97 Å². The van der Waals surface area contributed by atoms with Gasteiger partial charge >= 0.3 is 0 Å².